The first-order valence-corrected chi connectivity index (χ1v) is 7.85. The molecule has 0 aliphatic carbocycles. The average Bonchev–Trinajstić information content (AvgIpc) is 2.51. The third-order valence-electron chi connectivity index (χ3n) is 2.86. The first-order chi connectivity index (χ1) is 11.3. The van der Waals surface area contributed by atoms with E-state index in [4.69, 9.17) is 52.2 Å². The van der Waals surface area contributed by atoms with Gasteiger partial charge in [0.25, 0.3) is 11.8 Å². The van der Waals surface area contributed by atoms with Crippen LogP contribution in [0.15, 0.2) is 30.3 Å². The summed E-state index contributed by atoms with van der Waals surface area (Å²) in [6.45, 7) is 0. The number of hydrogen-bond donors (Lipinski definition) is 4. The normalized spacial score (nSPS) is 10.2. The standard InChI is InChI=1S/C14H10Cl4N4O2/c15-7-1-6(2-8(16)3-7)13(23)22-21-12-10(14(24)20-19)4-9(17)5-11(12)18/h1-5,21H,19H2,(H,20,24)(H,22,23). The Morgan fingerprint density at radius 2 is 1.42 bits per heavy atom. The number of hydrogen-bond acceptors (Lipinski definition) is 4. The quantitative estimate of drug-likeness (QED) is 0.353. The van der Waals surface area contributed by atoms with Gasteiger partial charge < -0.3 is 0 Å². The van der Waals surface area contributed by atoms with Gasteiger partial charge in [0.2, 0.25) is 0 Å². The van der Waals surface area contributed by atoms with Crippen molar-refractivity contribution >= 4 is 63.9 Å². The van der Waals surface area contributed by atoms with Crippen molar-refractivity contribution in [2.24, 2.45) is 5.84 Å². The number of rotatable bonds is 4. The highest BCUT2D eigenvalue weighted by Gasteiger charge is 2.16. The summed E-state index contributed by atoms with van der Waals surface area (Å²) in [6, 6.07) is 7.11. The third-order valence-corrected chi connectivity index (χ3v) is 3.81. The topological polar surface area (TPSA) is 96.2 Å². The van der Waals surface area contributed by atoms with Crippen LogP contribution >= 0.6 is 46.4 Å². The predicted molar refractivity (Wildman–Crippen MR) is 95.7 cm³/mol. The molecular formula is C14H10Cl4N4O2. The minimum Gasteiger partial charge on any atom is -0.296 e. The molecular weight excluding hydrogens is 398 g/mol. The zero-order valence-electron chi connectivity index (χ0n) is 11.8. The van der Waals surface area contributed by atoms with Gasteiger partial charge in [0.1, 0.15) is 0 Å². The lowest BCUT2D eigenvalue weighted by molar-refractivity contribution is 0.0945. The highest BCUT2D eigenvalue weighted by molar-refractivity contribution is 6.37. The Morgan fingerprint density at radius 1 is 0.833 bits per heavy atom. The molecule has 10 heteroatoms. The van der Waals surface area contributed by atoms with Crippen molar-refractivity contribution in [1.29, 1.82) is 0 Å². The number of carbonyl (C=O) groups is 2. The molecule has 24 heavy (non-hydrogen) atoms. The molecule has 6 nitrogen and oxygen atoms in total. The van der Waals surface area contributed by atoms with Crippen LogP contribution in [0.25, 0.3) is 0 Å². The molecule has 0 aromatic heterocycles. The second-order valence-electron chi connectivity index (χ2n) is 4.52. The molecule has 0 radical (unpaired) electrons. The van der Waals surface area contributed by atoms with Gasteiger partial charge in [0.15, 0.2) is 0 Å². The van der Waals surface area contributed by atoms with Crippen molar-refractivity contribution in [2.75, 3.05) is 5.43 Å². The summed E-state index contributed by atoms with van der Waals surface area (Å²) in [6.07, 6.45) is 0. The van der Waals surface area contributed by atoms with Crippen molar-refractivity contribution in [3.63, 3.8) is 0 Å². The molecule has 0 saturated carbocycles. The molecule has 5 N–H and O–H groups in total. The Hall–Kier alpha value is -1.70. The van der Waals surface area contributed by atoms with Crippen molar-refractivity contribution in [2.45, 2.75) is 0 Å². The molecule has 0 spiro atoms. The SMILES string of the molecule is NNC(=O)c1cc(Cl)cc(Cl)c1NNC(=O)c1cc(Cl)cc(Cl)c1. The van der Waals surface area contributed by atoms with Gasteiger partial charge in [-0.25, -0.2) is 5.84 Å². The number of benzene rings is 2. The van der Waals surface area contributed by atoms with Gasteiger partial charge in [-0.05, 0) is 30.3 Å². The monoisotopic (exact) mass is 406 g/mol. The lowest BCUT2D eigenvalue weighted by Crippen LogP contribution is -2.34. The molecule has 0 atom stereocenters. The maximum absolute atomic E-state index is 12.2. The molecule has 0 heterocycles. The molecule has 0 aliphatic rings. The molecule has 2 aromatic carbocycles. The first kappa shape index (κ1) is 18.6. The molecule has 0 aliphatic heterocycles. The van der Waals surface area contributed by atoms with Gasteiger partial charge in [-0.1, -0.05) is 46.4 Å². The summed E-state index contributed by atoms with van der Waals surface area (Å²) >= 11 is 23.6. The Labute approximate surface area is 157 Å². The highest BCUT2D eigenvalue weighted by Crippen LogP contribution is 2.29. The van der Waals surface area contributed by atoms with Crippen LogP contribution in [0, 0.1) is 0 Å². The van der Waals surface area contributed by atoms with Gasteiger partial charge in [-0.2, -0.15) is 0 Å². The van der Waals surface area contributed by atoms with E-state index >= 15 is 0 Å². The molecule has 0 fully saturated rings. The summed E-state index contributed by atoms with van der Waals surface area (Å²) in [5, 5.41) is 0.961. The van der Waals surface area contributed by atoms with Crippen molar-refractivity contribution in [1.82, 2.24) is 10.9 Å². The number of halogens is 4. The number of hydrazine groups is 2. The van der Waals surface area contributed by atoms with Gasteiger partial charge in [-0.15, -0.1) is 0 Å². The Morgan fingerprint density at radius 3 is 2.00 bits per heavy atom. The van der Waals surface area contributed by atoms with E-state index in [0.717, 1.165) is 0 Å². The number of nitrogen functional groups attached to an aromatic ring is 1. The number of amides is 2. The molecule has 2 aromatic rings. The predicted octanol–water partition coefficient (Wildman–Crippen LogP) is 3.66. The second kappa shape index (κ2) is 7.92. The van der Waals surface area contributed by atoms with Crippen LogP contribution in [-0.4, -0.2) is 11.8 Å². The average molecular weight is 408 g/mol. The van der Waals surface area contributed by atoms with Crippen LogP contribution in [0.3, 0.4) is 0 Å². The third kappa shape index (κ3) is 4.43. The fourth-order valence-corrected chi connectivity index (χ4v) is 2.90. The highest BCUT2D eigenvalue weighted by atomic mass is 35.5. The molecule has 126 valence electrons. The summed E-state index contributed by atoms with van der Waals surface area (Å²) < 4.78 is 0. The zero-order chi connectivity index (χ0) is 17.9. The summed E-state index contributed by atoms with van der Waals surface area (Å²) in [7, 11) is 0. The van der Waals surface area contributed by atoms with E-state index in [1.54, 1.807) is 0 Å². The van der Waals surface area contributed by atoms with Crippen LogP contribution < -0.4 is 22.1 Å². The summed E-state index contributed by atoms with van der Waals surface area (Å²) in [5.74, 6) is 3.95. The van der Waals surface area contributed by atoms with Crippen LogP contribution in [0.4, 0.5) is 5.69 Å². The van der Waals surface area contributed by atoms with E-state index in [1.165, 1.54) is 30.3 Å². The van der Waals surface area contributed by atoms with Crippen LogP contribution in [0.2, 0.25) is 20.1 Å². The maximum Gasteiger partial charge on any atom is 0.269 e. The van der Waals surface area contributed by atoms with Gasteiger partial charge in [0.05, 0.1) is 16.3 Å². The van der Waals surface area contributed by atoms with Gasteiger partial charge in [-0.3, -0.25) is 25.9 Å². The van der Waals surface area contributed by atoms with Gasteiger partial charge >= 0.3 is 0 Å². The molecule has 0 unspecified atom stereocenters. The van der Waals surface area contributed by atoms with Crippen molar-refractivity contribution in [3.8, 4) is 0 Å². The van der Waals surface area contributed by atoms with E-state index in [1.807, 2.05) is 5.43 Å². The number of nitrogens with two attached hydrogens (primary N) is 1. The zero-order valence-corrected chi connectivity index (χ0v) is 14.8. The fourth-order valence-electron chi connectivity index (χ4n) is 1.83. The molecule has 0 bridgehead atoms. The largest absolute Gasteiger partial charge is 0.296 e. The second-order valence-corrected chi connectivity index (χ2v) is 6.24. The van der Waals surface area contributed by atoms with Gasteiger partial charge in [0, 0.05) is 20.6 Å². The van der Waals surface area contributed by atoms with E-state index in [0.29, 0.717) is 10.0 Å². The maximum atomic E-state index is 12.2. The van der Waals surface area contributed by atoms with E-state index in [9.17, 15) is 9.59 Å². The van der Waals surface area contributed by atoms with Crippen LogP contribution in [0.1, 0.15) is 20.7 Å². The minimum absolute atomic E-state index is 0.0550. The number of carbonyl (C=O) groups excluding carboxylic acids is 2. The fraction of sp³-hybridized carbons (Fsp3) is 0. The van der Waals surface area contributed by atoms with E-state index in [2.05, 4.69) is 10.9 Å². The minimum atomic E-state index is -0.637. The Kier molecular flexibility index (Phi) is 6.15. The summed E-state index contributed by atoms with van der Waals surface area (Å²) in [4.78, 5) is 24.0. The Balaban J connectivity index is 2.25. The Bertz CT molecular complexity index is 793. The van der Waals surface area contributed by atoms with E-state index in [-0.39, 0.29) is 26.9 Å². The van der Waals surface area contributed by atoms with Crippen molar-refractivity contribution < 1.29 is 9.59 Å². The molecule has 2 amide bonds. The van der Waals surface area contributed by atoms with Crippen LogP contribution in [0.5, 0.6) is 0 Å². The lowest BCUT2D eigenvalue weighted by Gasteiger charge is -2.14. The molecule has 0 saturated heterocycles. The molecule has 2 rings (SSSR count). The smallest absolute Gasteiger partial charge is 0.269 e. The van der Waals surface area contributed by atoms with Crippen LogP contribution in [-0.2, 0) is 0 Å². The van der Waals surface area contributed by atoms with Crippen molar-refractivity contribution in [3.05, 3.63) is 61.5 Å². The number of nitrogens with one attached hydrogen (secondary N) is 3. The first-order valence-electron chi connectivity index (χ1n) is 6.34. The summed E-state index contributed by atoms with van der Waals surface area (Å²) in [5.41, 5.74) is 7.33. The lowest BCUT2D eigenvalue weighted by atomic mass is 10.1. The van der Waals surface area contributed by atoms with E-state index < -0.39 is 11.8 Å². The number of anilines is 1.